The van der Waals surface area contributed by atoms with E-state index in [-0.39, 0.29) is 24.4 Å². The number of carbonyl (C=O) groups excluding carboxylic acids is 1. The number of esters is 1. The van der Waals surface area contributed by atoms with E-state index in [4.69, 9.17) is 4.74 Å². The van der Waals surface area contributed by atoms with Crippen LogP contribution in [0.4, 0.5) is 10.1 Å². The molecule has 0 fully saturated rings. The van der Waals surface area contributed by atoms with Crippen LogP contribution in [-0.4, -0.2) is 22.6 Å². The van der Waals surface area contributed by atoms with E-state index in [0.717, 1.165) is 12.1 Å². The minimum Gasteiger partial charge on any atom is -0.512 e. The lowest BCUT2D eigenvalue weighted by atomic mass is 10.0. The van der Waals surface area contributed by atoms with Gasteiger partial charge in [-0.2, -0.15) is 4.39 Å². The Balaban J connectivity index is 3.08. The van der Waals surface area contributed by atoms with E-state index >= 15 is 0 Å². The quantitative estimate of drug-likeness (QED) is 0.295. The first kappa shape index (κ1) is 15.6. The maximum Gasteiger partial charge on any atom is 0.337 e. The van der Waals surface area contributed by atoms with Gasteiger partial charge in [-0.3, -0.25) is 10.1 Å². The summed E-state index contributed by atoms with van der Waals surface area (Å²) in [5, 5.41) is 20.1. The Kier molecular flexibility index (Phi) is 5.19. The molecule has 0 aliphatic rings. The molecular weight excluding hydrogens is 269 g/mol. The van der Waals surface area contributed by atoms with Crippen LogP contribution in [0.3, 0.4) is 0 Å². The molecule has 1 aromatic carbocycles. The van der Waals surface area contributed by atoms with Gasteiger partial charge in [-0.05, 0) is 25.5 Å². The van der Waals surface area contributed by atoms with Gasteiger partial charge in [-0.1, -0.05) is 6.07 Å². The maximum absolute atomic E-state index is 13.2. The van der Waals surface area contributed by atoms with Crippen molar-refractivity contribution >= 4 is 11.7 Å². The van der Waals surface area contributed by atoms with Crippen molar-refractivity contribution in [2.45, 2.75) is 20.3 Å². The van der Waals surface area contributed by atoms with Crippen LogP contribution in [0.5, 0.6) is 0 Å². The molecule has 0 atom stereocenters. The second-order valence-electron chi connectivity index (χ2n) is 4.00. The van der Waals surface area contributed by atoms with Crippen LogP contribution in [0.25, 0.3) is 0 Å². The SMILES string of the molecule is CCOC(=O)/C(Cc1ccc(F)c([N+](=O)[O-])c1)=C(\C)O. The molecule has 6 nitrogen and oxygen atoms in total. The van der Waals surface area contributed by atoms with Gasteiger partial charge in [-0.15, -0.1) is 0 Å². The van der Waals surface area contributed by atoms with Crippen LogP contribution in [-0.2, 0) is 16.0 Å². The number of hydrogen-bond donors (Lipinski definition) is 1. The molecule has 0 heterocycles. The fourth-order valence-corrected chi connectivity index (χ4v) is 1.58. The smallest absolute Gasteiger partial charge is 0.337 e. The Morgan fingerprint density at radius 3 is 2.65 bits per heavy atom. The normalized spacial score (nSPS) is 11.8. The van der Waals surface area contributed by atoms with E-state index in [1.165, 1.54) is 13.0 Å². The zero-order chi connectivity index (χ0) is 15.3. The summed E-state index contributed by atoms with van der Waals surface area (Å²) in [4.78, 5) is 21.4. The average molecular weight is 283 g/mol. The summed E-state index contributed by atoms with van der Waals surface area (Å²) < 4.78 is 18.0. The second kappa shape index (κ2) is 6.65. The number of allylic oxidation sites excluding steroid dienone is 1. The number of rotatable bonds is 5. The van der Waals surface area contributed by atoms with Crippen molar-refractivity contribution in [1.29, 1.82) is 0 Å². The molecule has 0 aliphatic carbocycles. The van der Waals surface area contributed by atoms with E-state index in [1.54, 1.807) is 6.92 Å². The lowest BCUT2D eigenvalue weighted by Crippen LogP contribution is -2.12. The van der Waals surface area contributed by atoms with Gasteiger partial charge in [0.2, 0.25) is 5.82 Å². The lowest BCUT2D eigenvalue weighted by molar-refractivity contribution is -0.387. The zero-order valence-corrected chi connectivity index (χ0v) is 11.1. The number of benzene rings is 1. The maximum atomic E-state index is 13.2. The Morgan fingerprint density at radius 1 is 1.50 bits per heavy atom. The number of hydrogen-bond acceptors (Lipinski definition) is 5. The highest BCUT2D eigenvalue weighted by atomic mass is 19.1. The van der Waals surface area contributed by atoms with Crippen LogP contribution in [0.15, 0.2) is 29.5 Å². The van der Waals surface area contributed by atoms with E-state index in [9.17, 15) is 24.4 Å². The predicted molar refractivity (Wildman–Crippen MR) is 68.7 cm³/mol. The summed E-state index contributed by atoms with van der Waals surface area (Å²) >= 11 is 0. The molecule has 1 N–H and O–H groups in total. The van der Waals surface area contributed by atoms with Gasteiger partial charge < -0.3 is 9.84 Å². The molecule has 20 heavy (non-hydrogen) atoms. The summed E-state index contributed by atoms with van der Waals surface area (Å²) in [7, 11) is 0. The number of aliphatic hydroxyl groups is 1. The molecule has 0 amide bonds. The number of carbonyl (C=O) groups is 1. The minimum absolute atomic E-state index is 0.0206. The molecule has 0 spiro atoms. The largest absolute Gasteiger partial charge is 0.512 e. The molecule has 0 saturated carbocycles. The number of aliphatic hydroxyl groups excluding tert-OH is 1. The lowest BCUT2D eigenvalue weighted by Gasteiger charge is -2.08. The molecule has 108 valence electrons. The third-order valence-corrected chi connectivity index (χ3v) is 2.55. The van der Waals surface area contributed by atoms with Crippen LogP contribution in [0.2, 0.25) is 0 Å². The van der Waals surface area contributed by atoms with E-state index in [2.05, 4.69) is 0 Å². The van der Waals surface area contributed by atoms with Crippen molar-refractivity contribution in [1.82, 2.24) is 0 Å². The fraction of sp³-hybridized carbons (Fsp3) is 0.308. The topological polar surface area (TPSA) is 89.7 Å². The van der Waals surface area contributed by atoms with Gasteiger partial charge in [0, 0.05) is 12.5 Å². The Morgan fingerprint density at radius 2 is 2.15 bits per heavy atom. The Hall–Kier alpha value is -2.44. The fourth-order valence-electron chi connectivity index (χ4n) is 1.58. The number of nitro groups is 1. The average Bonchev–Trinajstić information content (AvgIpc) is 2.37. The molecule has 0 aromatic heterocycles. The van der Waals surface area contributed by atoms with Crippen molar-refractivity contribution in [3.8, 4) is 0 Å². The molecular formula is C13H14FNO5. The van der Waals surface area contributed by atoms with Gasteiger partial charge >= 0.3 is 11.7 Å². The number of nitro benzene ring substituents is 1. The highest BCUT2D eigenvalue weighted by Crippen LogP contribution is 2.21. The van der Waals surface area contributed by atoms with Crippen molar-refractivity contribution in [2.24, 2.45) is 0 Å². The van der Waals surface area contributed by atoms with Crippen molar-refractivity contribution in [3.05, 3.63) is 51.0 Å². The number of nitrogens with zero attached hydrogens (tertiary/aromatic N) is 1. The van der Waals surface area contributed by atoms with Crippen LogP contribution < -0.4 is 0 Å². The molecule has 1 aromatic rings. The van der Waals surface area contributed by atoms with Gasteiger partial charge in [0.15, 0.2) is 0 Å². The predicted octanol–water partition coefficient (Wildman–Crippen LogP) is 2.67. The van der Waals surface area contributed by atoms with Crippen molar-refractivity contribution in [3.63, 3.8) is 0 Å². The van der Waals surface area contributed by atoms with Crippen molar-refractivity contribution in [2.75, 3.05) is 6.61 Å². The Bertz CT molecular complexity index is 564. The molecule has 0 radical (unpaired) electrons. The van der Waals surface area contributed by atoms with Gasteiger partial charge in [0.25, 0.3) is 0 Å². The summed E-state index contributed by atoms with van der Waals surface area (Å²) in [6.07, 6.45) is -0.0811. The first-order valence-corrected chi connectivity index (χ1v) is 5.85. The minimum atomic E-state index is -0.957. The van der Waals surface area contributed by atoms with Crippen LogP contribution in [0.1, 0.15) is 19.4 Å². The van der Waals surface area contributed by atoms with E-state index in [0.29, 0.717) is 5.56 Å². The summed E-state index contributed by atoms with van der Waals surface area (Å²) in [6.45, 7) is 3.06. The van der Waals surface area contributed by atoms with E-state index < -0.39 is 22.4 Å². The summed E-state index contributed by atoms with van der Waals surface area (Å²) in [6, 6.07) is 3.28. The number of ether oxygens (including phenoxy) is 1. The monoisotopic (exact) mass is 283 g/mol. The van der Waals surface area contributed by atoms with Gasteiger partial charge in [0.05, 0.1) is 22.9 Å². The number of halogens is 1. The Labute approximate surface area is 114 Å². The molecule has 7 heteroatoms. The van der Waals surface area contributed by atoms with Crippen LogP contribution in [0, 0.1) is 15.9 Å². The van der Waals surface area contributed by atoms with Crippen molar-refractivity contribution < 1.29 is 24.0 Å². The zero-order valence-electron chi connectivity index (χ0n) is 11.1. The van der Waals surface area contributed by atoms with Gasteiger partial charge in [-0.25, -0.2) is 4.79 Å². The standard InChI is InChI=1S/C13H14FNO5/c1-3-20-13(17)10(8(2)16)6-9-4-5-11(14)12(7-9)15(18)19/h4-5,7,16H,3,6H2,1-2H3/b10-8+. The third kappa shape index (κ3) is 3.78. The van der Waals surface area contributed by atoms with E-state index in [1.807, 2.05) is 0 Å². The molecule has 1 rings (SSSR count). The first-order chi connectivity index (χ1) is 9.36. The summed E-state index contributed by atoms with van der Waals surface area (Å²) in [5.74, 6) is -1.91. The highest BCUT2D eigenvalue weighted by Gasteiger charge is 2.19. The molecule has 0 bridgehead atoms. The van der Waals surface area contributed by atoms with Crippen LogP contribution >= 0.6 is 0 Å². The van der Waals surface area contributed by atoms with Gasteiger partial charge in [0.1, 0.15) is 0 Å². The molecule has 0 saturated heterocycles. The molecule has 0 unspecified atom stereocenters. The summed E-state index contributed by atoms with van der Waals surface area (Å²) in [5.41, 5.74) is -0.372. The first-order valence-electron chi connectivity index (χ1n) is 5.85. The third-order valence-electron chi connectivity index (χ3n) is 2.55. The second-order valence-corrected chi connectivity index (χ2v) is 4.00. The highest BCUT2D eigenvalue weighted by molar-refractivity contribution is 5.89. The molecule has 0 aliphatic heterocycles.